The second-order valence-corrected chi connectivity index (χ2v) is 8.48. The Balaban J connectivity index is 1.39. The molecule has 0 bridgehead atoms. The minimum absolute atomic E-state index is 0.0657. The predicted molar refractivity (Wildman–Crippen MR) is 115 cm³/mol. The lowest BCUT2D eigenvalue weighted by Gasteiger charge is -2.13. The molecule has 2 fully saturated rings. The molecule has 8 nitrogen and oxygen atoms in total. The number of pyridine rings is 1. The van der Waals surface area contributed by atoms with Crippen LogP contribution in [0, 0.1) is 11.8 Å². The molecule has 2 aliphatic rings. The number of anilines is 1. The molecule has 4 heterocycles. The van der Waals surface area contributed by atoms with Crippen molar-refractivity contribution in [2.45, 2.75) is 32.7 Å². The minimum Gasteiger partial charge on any atom is -0.489 e. The number of carbonyl (C=O) groups is 1. The molecule has 1 amide bonds. The van der Waals surface area contributed by atoms with Gasteiger partial charge in [0.05, 0.1) is 18.3 Å². The SMILES string of the molecule is CCn1ncc(OC[C@@H]2CCN(C)C2)c1-c1ccn2nc(NC(=O)C3CC3)cc2c1. The van der Waals surface area contributed by atoms with Gasteiger partial charge in [0, 0.05) is 42.8 Å². The number of nitrogens with one attached hydrogen (secondary N) is 1. The second kappa shape index (κ2) is 7.75. The summed E-state index contributed by atoms with van der Waals surface area (Å²) < 4.78 is 9.97. The summed E-state index contributed by atoms with van der Waals surface area (Å²) in [4.78, 5) is 14.4. The van der Waals surface area contributed by atoms with E-state index >= 15 is 0 Å². The van der Waals surface area contributed by atoms with E-state index in [1.54, 1.807) is 4.52 Å². The van der Waals surface area contributed by atoms with E-state index in [1.807, 2.05) is 29.2 Å². The van der Waals surface area contributed by atoms with Crippen LogP contribution in [-0.2, 0) is 11.3 Å². The van der Waals surface area contributed by atoms with Crippen molar-refractivity contribution in [3.63, 3.8) is 0 Å². The van der Waals surface area contributed by atoms with Gasteiger partial charge in [-0.05, 0) is 51.9 Å². The molecule has 1 atom stereocenters. The summed E-state index contributed by atoms with van der Waals surface area (Å²) >= 11 is 0. The van der Waals surface area contributed by atoms with Crippen LogP contribution in [0.5, 0.6) is 5.75 Å². The number of nitrogens with zero attached hydrogens (tertiary/aromatic N) is 5. The first-order valence-electron chi connectivity index (χ1n) is 10.8. The lowest BCUT2D eigenvalue weighted by molar-refractivity contribution is -0.117. The molecule has 3 aromatic heterocycles. The van der Waals surface area contributed by atoms with Gasteiger partial charge in [0.15, 0.2) is 11.6 Å². The van der Waals surface area contributed by atoms with Gasteiger partial charge in [-0.2, -0.15) is 10.2 Å². The topological polar surface area (TPSA) is 76.7 Å². The number of rotatable bonds is 7. The van der Waals surface area contributed by atoms with Crippen LogP contribution >= 0.6 is 0 Å². The van der Waals surface area contributed by atoms with Gasteiger partial charge in [-0.3, -0.25) is 9.48 Å². The Hall–Kier alpha value is -2.87. The second-order valence-electron chi connectivity index (χ2n) is 8.48. The molecule has 1 saturated heterocycles. The van der Waals surface area contributed by atoms with Gasteiger partial charge in [-0.15, -0.1) is 0 Å². The minimum atomic E-state index is 0.0657. The van der Waals surface area contributed by atoms with Crippen molar-refractivity contribution >= 4 is 17.2 Å². The maximum absolute atomic E-state index is 12.0. The fourth-order valence-electron chi connectivity index (χ4n) is 4.15. The van der Waals surface area contributed by atoms with Gasteiger partial charge < -0.3 is 15.0 Å². The quantitative estimate of drug-likeness (QED) is 0.651. The normalized spacial score (nSPS) is 19.5. The molecule has 8 heteroatoms. The molecule has 0 aromatic carbocycles. The smallest absolute Gasteiger partial charge is 0.228 e. The predicted octanol–water partition coefficient (Wildman–Crippen LogP) is 2.90. The fourth-order valence-corrected chi connectivity index (χ4v) is 4.15. The first-order chi connectivity index (χ1) is 14.6. The van der Waals surface area contributed by atoms with Crippen LogP contribution in [0.25, 0.3) is 16.8 Å². The highest BCUT2D eigenvalue weighted by molar-refractivity contribution is 5.93. The zero-order chi connectivity index (χ0) is 20.7. The molecule has 5 rings (SSSR count). The highest BCUT2D eigenvalue weighted by Crippen LogP contribution is 2.33. The van der Waals surface area contributed by atoms with Crippen LogP contribution in [0.15, 0.2) is 30.6 Å². The third-order valence-corrected chi connectivity index (χ3v) is 6.01. The van der Waals surface area contributed by atoms with Crippen LogP contribution in [0.1, 0.15) is 26.2 Å². The first kappa shape index (κ1) is 19.1. The molecule has 0 radical (unpaired) electrons. The van der Waals surface area contributed by atoms with Gasteiger partial charge in [-0.1, -0.05) is 0 Å². The van der Waals surface area contributed by atoms with Crippen LogP contribution in [0.3, 0.4) is 0 Å². The largest absolute Gasteiger partial charge is 0.489 e. The average molecular weight is 409 g/mol. The van der Waals surface area contributed by atoms with E-state index in [0.29, 0.717) is 18.3 Å². The highest BCUT2D eigenvalue weighted by atomic mass is 16.5. The number of fused-ring (bicyclic) bond motifs is 1. The standard InChI is InChI=1S/C22H28N6O2/c1-3-27-21(19(12-23-27)30-14-15-6-8-26(2)13-15)17-7-9-28-18(10-17)11-20(25-28)24-22(29)16-4-5-16/h7,9-12,15-16H,3-6,8,13-14H2,1-2H3,(H,24,25,29)/t15-/m1/s1. The molecule has 1 saturated carbocycles. The summed E-state index contributed by atoms with van der Waals surface area (Å²) in [5.41, 5.74) is 2.93. The van der Waals surface area contributed by atoms with Gasteiger partial charge in [-0.25, -0.2) is 4.52 Å². The van der Waals surface area contributed by atoms with E-state index in [1.165, 1.54) is 6.42 Å². The van der Waals surface area contributed by atoms with E-state index in [2.05, 4.69) is 40.5 Å². The van der Waals surface area contributed by atoms with Crippen molar-refractivity contribution in [1.82, 2.24) is 24.3 Å². The van der Waals surface area contributed by atoms with Crippen LogP contribution in [-0.4, -0.2) is 56.9 Å². The average Bonchev–Trinajstić information content (AvgIpc) is 3.20. The Morgan fingerprint density at radius 2 is 2.17 bits per heavy atom. The molecule has 0 unspecified atom stereocenters. The first-order valence-corrected chi connectivity index (χ1v) is 10.8. The molecule has 1 aliphatic heterocycles. The van der Waals surface area contributed by atoms with E-state index < -0.39 is 0 Å². The Morgan fingerprint density at radius 3 is 2.90 bits per heavy atom. The fraction of sp³-hybridized carbons (Fsp3) is 0.500. The number of aromatic nitrogens is 4. The maximum Gasteiger partial charge on any atom is 0.228 e. The number of likely N-dealkylation sites (tertiary alicyclic amines) is 1. The Kier molecular flexibility index (Phi) is 4.94. The van der Waals surface area contributed by atoms with Crippen LogP contribution in [0.4, 0.5) is 5.82 Å². The molecule has 0 spiro atoms. The van der Waals surface area contributed by atoms with E-state index in [4.69, 9.17) is 4.74 Å². The van der Waals surface area contributed by atoms with E-state index in [-0.39, 0.29) is 11.8 Å². The summed E-state index contributed by atoms with van der Waals surface area (Å²) in [5, 5.41) is 11.9. The highest BCUT2D eigenvalue weighted by Gasteiger charge is 2.30. The van der Waals surface area contributed by atoms with E-state index in [9.17, 15) is 4.79 Å². The number of aryl methyl sites for hydroxylation is 1. The Morgan fingerprint density at radius 1 is 1.30 bits per heavy atom. The maximum atomic E-state index is 12.0. The number of amides is 1. The zero-order valence-electron chi connectivity index (χ0n) is 17.5. The van der Waals surface area contributed by atoms with Crippen molar-refractivity contribution in [2.75, 3.05) is 32.1 Å². The number of ether oxygens (including phenoxy) is 1. The van der Waals surface area contributed by atoms with Crippen LogP contribution in [0.2, 0.25) is 0 Å². The van der Waals surface area contributed by atoms with Gasteiger partial charge in [0.2, 0.25) is 5.91 Å². The molecular formula is C22H28N6O2. The molecule has 158 valence electrons. The number of hydrogen-bond donors (Lipinski definition) is 1. The van der Waals surface area contributed by atoms with Gasteiger partial charge in [0.25, 0.3) is 0 Å². The number of carbonyl (C=O) groups excluding carboxylic acids is 1. The number of hydrogen-bond acceptors (Lipinski definition) is 5. The van der Waals surface area contributed by atoms with Crippen LogP contribution < -0.4 is 10.1 Å². The van der Waals surface area contributed by atoms with Crippen molar-refractivity contribution in [3.8, 4) is 17.0 Å². The molecule has 1 N–H and O–H groups in total. The molecule has 30 heavy (non-hydrogen) atoms. The Labute approximate surface area is 175 Å². The third-order valence-electron chi connectivity index (χ3n) is 6.01. The Bertz CT molecular complexity index is 1070. The van der Waals surface area contributed by atoms with Crippen molar-refractivity contribution < 1.29 is 9.53 Å². The van der Waals surface area contributed by atoms with Crippen molar-refractivity contribution in [2.24, 2.45) is 11.8 Å². The summed E-state index contributed by atoms with van der Waals surface area (Å²) in [6.45, 7) is 5.76. The third kappa shape index (κ3) is 3.79. The summed E-state index contributed by atoms with van der Waals surface area (Å²) in [5.74, 6) is 2.19. The van der Waals surface area contributed by atoms with Gasteiger partial charge in [0.1, 0.15) is 5.69 Å². The van der Waals surface area contributed by atoms with Crippen molar-refractivity contribution in [3.05, 3.63) is 30.6 Å². The van der Waals surface area contributed by atoms with E-state index in [0.717, 1.165) is 55.0 Å². The molecule has 1 aliphatic carbocycles. The lowest BCUT2D eigenvalue weighted by atomic mass is 10.1. The zero-order valence-corrected chi connectivity index (χ0v) is 17.5. The molecular weight excluding hydrogens is 380 g/mol. The molecule has 3 aromatic rings. The van der Waals surface area contributed by atoms with Crippen molar-refractivity contribution in [1.29, 1.82) is 0 Å². The summed E-state index contributed by atoms with van der Waals surface area (Å²) in [7, 11) is 2.16. The monoisotopic (exact) mass is 408 g/mol. The van der Waals surface area contributed by atoms with Gasteiger partial charge >= 0.3 is 0 Å². The lowest BCUT2D eigenvalue weighted by Crippen LogP contribution is -2.18. The summed E-state index contributed by atoms with van der Waals surface area (Å²) in [6, 6.07) is 6.00. The summed E-state index contributed by atoms with van der Waals surface area (Å²) in [6.07, 6.45) is 6.86.